The highest BCUT2D eigenvalue weighted by Gasteiger charge is 2.33. The lowest BCUT2D eigenvalue weighted by Gasteiger charge is -2.38. The van der Waals surface area contributed by atoms with Crippen LogP contribution >= 0.6 is 0 Å². The Labute approximate surface area is 171 Å². The lowest BCUT2D eigenvalue weighted by atomic mass is 10.0. The molecule has 0 aromatic heterocycles. The molecule has 0 spiro atoms. The molecule has 2 aliphatic heterocycles. The normalized spacial score (nSPS) is 16.7. The zero-order valence-electron chi connectivity index (χ0n) is 15.8. The maximum atomic E-state index is 13.3. The van der Waals surface area contributed by atoms with Crippen LogP contribution in [0.2, 0.25) is 0 Å². The number of anilines is 1. The third-order valence-electron chi connectivity index (χ3n) is 5.23. The number of ether oxygens (including phenoxy) is 2. The molecule has 8 nitrogen and oxygen atoms in total. The van der Waals surface area contributed by atoms with E-state index in [1.54, 1.807) is 23.1 Å². The first-order valence-electron chi connectivity index (χ1n) is 9.39. The Morgan fingerprint density at radius 3 is 2.60 bits per heavy atom. The van der Waals surface area contributed by atoms with Crippen molar-refractivity contribution in [1.82, 2.24) is 4.90 Å². The molecule has 1 amide bonds. The molecule has 3 aromatic carbocycles. The number of rotatable bonds is 4. The summed E-state index contributed by atoms with van der Waals surface area (Å²) >= 11 is 0. The van der Waals surface area contributed by atoms with Crippen LogP contribution in [0, 0.1) is 10.1 Å². The first-order valence-corrected chi connectivity index (χ1v) is 9.39. The molecule has 0 saturated carbocycles. The molecular weight excluding hydrogens is 386 g/mol. The van der Waals surface area contributed by atoms with Crippen molar-refractivity contribution in [1.29, 1.82) is 0 Å². The highest BCUT2D eigenvalue weighted by Crippen LogP contribution is 2.37. The van der Waals surface area contributed by atoms with Gasteiger partial charge < -0.3 is 19.7 Å². The van der Waals surface area contributed by atoms with Crippen molar-refractivity contribution in [3.05, 3.63) is 93.5 Å². The molecule has 0 unspecified atom stereocenters. The average molecular weight is 403 g/mol. The molecule has 0 aliphatic carbocycles. The Hall–Kier alpha value is -4.07. The minimum Gasteiger partial charge on any atom is -0.454 e. The van der Waals surface area contributed by atoms with E-state index in [-0.39, 0.29) is 18.4 Å². The summed E-state index contributed by atoms with van der Waals surface area (Å²) in [5.74, 6) is 1.21. The average Bonchev–Trinajstić information content (AvgIpc) is 3.23. The molecule has 3 aromatic rings. The van der Waals surface area contributed by atoms with Gasteiger partial charge >= 0.3 is 0 Å². The van der Waals surface area contributed by atoms with Crippen LogP contribution in [0.5, 0.6) is 11.5 Å². The first-order chi connectivity index (χ1) is 14.6. The number of nitrogens with one attached hydrogen (secondary N) is 1. The van der Waals surface area contributed by atoms with Crippen LogP contribution < -0.4 is 14.8 Å². The Bertz CT molecular complexity index is 1150. The van der Waals surface area contributed by atoms with Crippen molar-refractivity contribution >= 4 is 17.3 Å². The van der Waals surface area contributed by atoms with E-state index < -0.39 is 11.1 Å². The second kappa shape index (κ2) is 7.07. The lowest BCUT2D eigenvalue weighted by Crippen LogP contribution is -2.42. The molecule has 0 saturated heterocycles. The summed E-state index contributed by atoms with van der Waals surface area (Å²) in [4.78, 5) is 25.6. The summed E-state index contributed by atoms with van der Waals surface area (Å²) in [7, 11) is 0. The number of hydrogen-bond acceptors (Lipinski definition) is 6. The Kier molecular flexibility index (Phi) is 4.24. The SMILES string of the molecule is O=C1c2ccccc2N[C@@H](c2ccc([N+](=O)[O-])cc2)N1Cc1ccc2c(c1)OCO2. The number of nitro benzene ring substituents is 1. The van der Waals surface area contributed by atoms with Crippen LogP contribution in [0.3, 0.4) is 0 Å². The largest absolute Gasteiger partial charge is 0.454 e. The molecule has 1 atom stereocenters. The van der Waals surface area contributed by atoms with Gasteiger partial charge in [-0.3, -0.25) is 14.9 Å². The van der Waals surface area contributed by atoms with Gasteiger partial charge in [0.2, 0.25) is 6.79 Å². The number of hydrogen-bond donors (Lipinski definition) is 1. The van der Waals surface area contributed by atoms with Gasteiger partial charge in [-0.05, 0) is 47.5 Å². The van der Waals surface area contributed by atoms with Gasteiger partial charge in [-0.25, -0.2) is 0 Å². The van der Waals surface area contributed by atoms with Crippen LogP contribution in [-0.4, -0.2) is 22.5 Å². The van der Waals surface area contributed by atoms with E-state index in [1.807, 2.05) is 36.4 Å². The predicted molar refractivity (Wildman–Crippen MR) is 108 cm³/mol. The van der Waals surface area contributed by atoms with Crippen molar-refractivity contribution in [3.63, 3.8) is 0 Å². The second-order valence-corrected chi connectivity index (χ2v) is 7.06. The Balaban J connectivity index is 1.52. The van der Waals surface area contributed by atoms with Crippen molar-refractivity contribution in [3.8, 4) is 11.5 Å². The topological polar surface area (TPSA) is 93.9 Å². The van der Waals surface area contributed by atoms with Crippen molar-refractivity contribution in [2.75, 3.05) is 12.1 Å². The fourth-order valence-corrected chi connectivity index (χ4v) is 3.73. The highest BCUT2D eigenvalue weighted by atomic mass is 16.7. The van der Waals surface area contributed by atoms with Gasteiger partial charge in [0.1, 0.15) is 6.17 Å². The lowest BCUT2D eigenvalue weighted by molar-refractivity contribution is -0.384. The monoisotopic (exact) mass is 403 g/mol. The van der Waals surface area contributed by atoms with Crippen LogP contribution in [0.4, 0.5) is 11.4 Å². The summed E-state index contributed by atoms with van der Waals surface area (Å²) in [5, 5.41) is 14.4. The Morgan fingerprint density at radius 2 is 1.80 bits per heavy atom. The number of non-ortho nitro benzene ring substituents is 1. The minimum atomic E-state index is -0.473. The maximum Gasteiger partial charge on any atom is 0.269 e. The summed E-state index contributed by atoms with van der Waals surface area (Å²) < 4.78 is 10.8. The molecule has 2 heterocycles. The molecule has 150 valence electrons. The number of benzene rings is 3. The smallest absolute Gasteiger partial charge is 0.269 e. The summed E-state index contributed by atoms with van der Waals surface area (Å²) in [6.45, 7) is 0.514. The van der Waals surface area contributed by atoms with Gasteiger partial charge in [-0.15, -0.1) is 0 Å². The zero-order chi connectivity index (χ0) is 20.7. The number of carbonyl (C=O) groups excluding carboxylic acids is 1. The van der Waals surface area contributed by atoms with Crippen molar-refractivity contribution < 1.29 is 19.2 Å². The van der Waals surface area contributed by atoms with E-state index in [9.17, 15) is 14.9 Å². The number of fused-ring (bicyclic) bond motifs is 2. The standard InChI is InChI=1S/C22H17N3O5/c26-22-17-3-1-2-4-18(17)23-21(15-6-8-16(9-7-15)25(27)28)24(22)12-14-5-10-19-20(11-14)30-13-29-19/h1-11,21,23H,12-13H2/t21-/m1/s1. The van der Waals surface area contributed by atoms with E-state index in [4.69, 9.17) is 9.47 Å². The molecule has 8 heteroatoms. The van der Waals surface area contributed by atoms with Gasteiger partial charge in [0.25, 0.3) is 11.6 Å². The van der Waals surface area contributed by atoms with E-state index in [2.05, 4.69) is 5.32 Å². The van der Waals surface area contributed by atoms with Crippen LogP contribution in [-0.2, 0) is 6.54 Å². The third-order valence-corrected chi connectivity index (χ3v) is 5.23. The van der Waals surface area contributed by atoms with Crippen LogP contribution in [0.25, 0.3) is 0 Å². The van der Waals surface area contributed by atoms with Crippen LogP contribution in [0.15, 0.2) is 66.7 Å². The molecule has 0 bridgehead atoms. The highest BCUT2D eigenvalue weighted by molar-refractivity contribution is 6.01. The van der Waals surface area contributed by atoms with Crippen LogP contribution in [0.1, 0.15) is 27.7 Å². The van der Waals surface area contributed by atoms with E-state index in [1.165, 1.54) is 12.1 Å². The van der Waals surface area contributed by atoms with E-state index >= 15 is 0 Å². The number of carbonyl (C=O) groups is 1. The molecule has 2 aliphatic rings. The Morgan fingerprint density at radius 1 is 1.03 bits per heavy atom. The van der Waals surface area contributed by atoms with Gasteiger partial charge in [-0.2, -0.15) is 0 Å². The quantitative estimate of drug-likeness (QED) is 0.521. The molecule has 1 N–H and O–H groups in total. The molecular formula is C22H17N3O5. The van der Waals surface area contributed by atoms with Gasteiger partial charge in [0, 0.05) is 24.4 Å². The summed E-state index contributed by atoms with van der Waals surface area (Å²) in [5.41, 5.74) is 2.96. The van der Waals surface area contributed by atoms with Gasteiger partial charge in [0.15, 0.2) is 11.5 Å². The second-order valence-electron chi connectivity index (χ2n) is 7.06. The van der Waals surface area contributed by atoms with Gasteiger partial charge in [0.05, 0.1) is 10.5 Å². The number of nitro groups is 1. The molecule has 5 rings (SSSR count). The summed E-state index contributed by atoms with van der Waals surface area (Å²) in [6.07, 6.45) is -0.473. The van der Waals surface area contributed by atoms with Crippen molar-refractivity contribution in [2.45, 2.75) is 12.7 Å². The number of nitrogens with zero attached hydrogens (tertiary/aromatic N) is 2. The molecule has 30 heavy (non-hydrogen) atoms. The number of para-hydroxylation sites is 1. The van der Waals surface area contributed by atoms with E-state index in [0.717, 1.165) is 16.8 Å². The fraction of sp³-hybridized carbons (Fsp3) is 0.136. The minimum absolute atomic E-state index is 0.00334. The van der Waals surface area contributed by atoms with Gasteiger partial charge in [-0.1, -0.05) is 18.2 Å². The zero-order valence-corrected chi connectivity index (χ0v) is 15.8. The predicted octanol–water partition coefficient (Wildman–Crippen LogP) is 4.09. The molecule has 0 fully saturated rings. The third kappa shape index (κ3) is 3.08. The van der Waals surface area contributed by atoms with E-state index in [0.29, 0.717) is 23.6 Å². The van der Waals surface area contributed by atoms with Crippen molar-refractivity contribution in [2.24, 2.45) is 0 Å². The maximum absolute atomic E-state index is 13.3. The number of amides is 1. The summed E-state index contributed by atoms with van der Waals surface area (Å²) in [6, 6.07) is 19.1. The fourth-order valence-electron chi connectivity index (χ4n) is 3.73. The molecule has 0 radical (unpaired) electrons. The first kappa shape index (κ1) is 18.0.